The third-order valence-electron chi connectivity index (χ3n) is 2.48. The number of aryl methyl sites for hydroxylation is 2. The van der Waals surface area contributed by atoms with Crippen LogP contribution in [0.25, 0.3) is 0 Å². The first-order valence-corrected chi connectivity index (χ1v) is 6.27. The number of halogens is 2. The Hall–Kier alpha value is -1.56. The van der Waals surface area contributed by atoms with Gasteiger partial charge in [0.25, 0.3) is 0 Å². The first-order chi connectivity index (χ1) is 8.51. The van der Waals surface area contributed by atoms with Crippen molar-refractivity contribution in [2.75, 3.05) is 5.73 Å². The van der Waals surface area contributed by atoms with Gasteiger partial charge in [-0.1, -0.05) is 15.9 Å². The number of ether oxygens (including phenoxy) is 1. The van der Waals surface area contributed by atoms with Crippen LogP contribution in [-0.4, -0.2) is 9.78 Å². The number of hydrogen-bond acceptors (Lipinski definition) is 3. The van der Waals surface area contributed by atoms with Crippen molar-refractivity contribution in [2.45, 2.75) is 20.4 Å². The van der Waals surface area contributed by atoms with E-state index in [9.17, 15) is 4.39 Å². The second kappa shape index (κ2) is 4.97. The van der Waals surface area contributed by atoms with E-state index in [4.69, 9.17) is 10.5 Å². The van der Waals surface area contributed by atoms with Crippen LogP contribution in [0.3, 0.4) is 0 Å². The van der Waals surface area contributed by atoms with E-state index in [2.05, 4.69) is 21.0 Å². The zero-order chi connectivity index (χ0) is 13.3. The molecule has 4 nitrogen and oxygen atoms in total. The molecule has 96 valence electrons. The van der Waals surface area contributed by atoms with E-state index in [0.29, 0.717) is 34.0 Å². The van der Waals surface area contributed by atoms with Crippen LogP contribution in [0, 0.1) is 12.7 Å². The molecule has 0 amide bonds. The quantitative estimate of drug-likeness (QED) is 0.943. The summed E-state index contributed by atoms with van der Waals surface area (Å²) < 4.78 is 21.1. The predicted molar refractivity (Wildman–Crippen MR) is 71.2 cm³/mol. The Morgan fingerprint density at radius 3 is 2.78 bits per heavy atom. The molecule has 0 saturated heterocycles. The van der Waals surface area contributed by atoms with Gasteiger partial charge in [-0.05, 0) is 26.0 Å². The van der Waals surface area contributed by atoms with Crippen molar-refractivity contribution in [3.05, 3.63) is 34.2 Å². The number of nitrogen functional groups attached to an aromatic ring is 1. The number of rotatable bonds is 3. The average molecular weight is 314 g/mol. The number of hydrogen-bond donors (Lipinski definition) is 1. The fourth-order valence-corrected chi connectivity index (χ4v) is 2.04. The van der Waals surface area contributed by atoms with Gasteiger partial charge in [0.15, 0.2) is 0 Å². The molecule has 0 aliphatic heterocycles. The van der Waals surface area contributed by atoms with Gasteiger partial charge in [0.2, 0.25) is 5.88 Å². The maximum Gasteiger partial charge on any atom is 0.241 e. The molecule has 2 rings (SSSR count). The summed E-state index contributed by atoms with van der Waals surface area (Å²) in [5.74, 6) is 0.438. The molecule has 1 aromatic carbocycles. The van der Waals surface area contributed by atoms with E-state index in [1.54, 1.807) is 17.7 Å². The summed E-state index contributed by atoms with van der Waals surface area (Å²) >= 11 is 3.21. The third-order valence-corrected chi connectivity index (χ3v) is 2.93. The van der Waals surface area contributed by atoms with Gasteiger partial charge in [0, 0.05) is 17.1 Å². The predicted octanol–water partition coefficient (Wildman–Crippen LogP) is 3.49. The average Bonchev–Trinajstić information content (AvgIpc) is 2.55. The van der Waals surface area contributed by atoms with Crippen molar-refractivity contribution in [1.82, 2.24) is 9.78 Å². The third kappa shape index (κ3) is 2.48. The topological polar surface area (TPSA) is 53.1 Å². The minimum atomic E-state index is -0.378. The van der Waals surface area contributed by atoms with Gasteiger partial charge in [-0.3, -0.25) is 0 Å². The summed E-state index contributed by atoms with van der Waals surface area (Å²) in [6.07, 6.45) is 0. The second-order valence-corrected chi connectivity index (χ2v) is 4.74. The minimum absolute atomic E-state index is 0.378. The highest BCUT2D eigenvalue weighted by Gasteiger charge is 2.14. The molecule has 0 unspecified atom stereocenters. The van der Waals surface area contributed by atoms with Gasteiger partial charge in [-0.15, -0.1) is 0 Å². The Bertz CT molecular complexity index is 563. The first kappa shape index (κ1) is 12.9. The lowest BCUT2D eigenvalue weighted by atomic mass is 10.3. The van der Waals surface area contributed by atoms with E-state index in [1.165, 1.54) is 12.1 Å². The van der Waals surface area contributed by atoms with Crippen molar-refractivity contribution in [2.24, 2.45) is 0 Å². The Kier molecular flexibility index (Phi) is 3.56. The zero-order valence-electron chi connectivity index (χ0n) is 10.1. The molecule has 0 atom stereocenters. The molecule has 6 heteroatoms. The van der Waals surface area contributed by atoms with Gasteiger partial charge in [-0.25, -0.2) is 9.07 Å². The molecule has 2 N–H and O–H groups in total. The molecule has 0 radical (unpaired) electrons. The molecule has 0 aliphatic carbocycles. The molecule has 0 aliphatic rings. The van der Waals surface area contributed by atoms with Gasteiger partial charge in [0.1, 0.15) is 17.3 Å². The summed E-state index contributed by atoms with van der Waals surface area (Å²) in [4.78, 5) is 0. The number of anilines is 1. The summed E-state index contributed by atoms with van der Waals surface area (Å²) in [6, 6.07) is 4.33. The fourth-order valence-electron chi connectivity index (χ4n) is 1.60. The zero-order valence-corrected chi connectivity index (χ0v) is 11.7. The first-order valence-electron chi connectivity index (χ1n) is 5.48. The van der Waals surface area contributed by atoms with Crippen LogP contribution in [0.15, 0.2) is 22.7 Å². The molecule has 0 spiro atoms. The molecule has 0 saturated carbocycles. The van der Waals surface area contributed by atoms with Gasteiger partial charge < -0.3 is 10.5 Å². The second-order valence-electron chi connectivity index (χ2n) is 3.83. The van der Waals surface area contributed by atoms with E-state index >= 15 is 0 Å². The molecule has 1 heterocycles. The largest absolute Gasteiger partial charge is 0.437 e. The molecule has 0 fully saturated rings. The molecular formula is C12H13BrFN3O. The van der Waals surface area contributed by atoms with Crippen LogP contribution >= 0.6 is 15.9 Å². The lowest BCUT2D eigenvalue weighted by Gasteiger charge is -2.08. The van der Waals surface area contributed by atoms with Crippen LogP contribution in [0.1, 0.15) is 12.6 Å². The Balaban J connectivity index is 2.39. The molecular weight excluding hydrogens is 301 g/mol. The Morgan fingerprint density at radius 2 is 2.17 bits per heavy atom. The maximum absolute atomic E-state index is 13.3. The van der Waals surface area contributed by atoms with Crippen LogP contribution in [0.4, 0.5) is 10.1 Å². The summed E-state index contributed by atoms with van der Waals surface area (Å²) in [7, 11) is 0. The van der Waals surface area contributed by atoms with Crippen molar-refractivity contribution in [1.29, 1.82) is 0 Å². The van der Waals surface area contributed by atoms with E-state index < -0.39 is 0 Å². The maximum atomic E-state index is 13.3. The Labute approximate surface area is 113 Å². The van der Waals surface area contributed by atoms with Crippen LogP contribution in [0.2, 0.25) is 0 Å². The molecule has 18 heavy (non-hydrogen) atoms. The standard InChI is InChI=1S/C12H13BrFN3O/c1-3-17-12(11(15)7(2)16-17)18-10-5-8(13)4-9(14)6-10/h4-6H,3,15H2,1-2H3. The van der Waals surface area contributed by atoms with E-state index in [1.807, 2.05) is 6.92 Å². The molecule has 2 aromatic rings. The van der Waals surface area contributed by atoms with Gasteiger partial charge >= 0.3 is 0 Å². The minimum Gasteiger partial charge on any atom is -0.437 e. The monoisotopic (exact) mass is 313 g/mol. The van der Waals surface area contributed by atoms with Crippen molar-refractivity contribution in [3.8, 4) is 11.6 Å². The normalized spacial score (nSPS) is 10.7. The van der Waals surface area contributed by atoms with Crippen LogP contribution in [-0.2, 0) is 6.54 Å². The number of aromatic nitrogens is 2. The number of nitrogens with zero attached hydrogens (tertiary/aromatic N) is 2. The highest BCUT2D eigenvalue weighted by molar-refractivity contribution is 9.10. The SMILES string of the molecule is CCn1nc(C)c(N)c1Oc1cc(F)cc(Br)c1. The van der Waals surface area contributed by atoms with Crippen molar-refractivity contribution >= 4 is 21.6 Å². The summed E-state index contributed by atoms with van der Waals surface area (Å²) in [5, 5.41) is 4.23. The van der Waals surface area contributed by atoms with Gasteiger partial charge in [-0.2, -0.15) is 5.10 Å². The molecule has 0 bridgehead atoms. The highest BCUT2D eigenvalue weighted by atomic mass is 79.9. The Morgan fingerprint density at radius 1 is 1.44 bits per heavy atom. The van der Waals surface area contributed by atoms with E-state index in [-0.39, 0.29) is 5.82 Å². The smallest absolute Gasteiger partial charge is 0.241 e. The molecule has 1 aromatic heterocycles. The summed E-state index contributed by atoms with van der Waals surface area (Å²) in [5.41, 5.74) is 7.06. The van der Waals surface area contributed by atoms with Crippen molar-refractivity contribution in [3.63, 3.8) is 0 Å². The lowest BCUT2D eigenvalue weighted by Crippen LogP contribution is -2.01. The summed E-state index contributed by atoms with van der Waals surface area (Å²) in [6.45, 7) is 4.36. The highest BCUT2D eigenvalue weighted by Crippen LogP contribution is 2.31. The lowest BCUT2D eigenvalue weighted by molar-refractivity contribution is 0.415. The van der Waals surface area contributed by atoms with Crippen LogP contribution in [0.5, 0.6) is 11.6 Å². The van der Waals surface area contributed by atoms with Crippen LogP contribution < -0.4 is 10.5 Å². The van der Waals surface area contributed by atoms with Gasteiger partial charge in [0.05, 0.1) is 5.69 Å². The fraction of sp³-hybridized carbons (Fsp3) is 0.250. The number of nitrogens with two attached hydrogens (primary N) is 1. The van der Waals surface area contributed by atoms with E-state index in [0.717, 1.165) is 0 Å². The number of benzene rings is 1. The van der Waals surface area contributed by atoms with Crippen molar-refractivity contribution < 1.29 is 9.13 Å².